The molecule has 0 aliphatic rings. The zero-order valence-corrected chi connectivity index (χ0v) is 14.8. The Balaban J connectivity index is 2.89. The highest BCUT2D eigenvalue weighted by Crippen LogP contribution is 2.18. The van der Waals surface area contributed by atoms with Crippen LogP contribution in [0.5, 0.6) is 0 Å². The molecule has 1 aromatic heterocycles. The molecule has 5 heteroatoms. The fourth-order valence-electron chi connectivity index (χ4n) is 2.73. The van der Waals surface area contributed by atoms with Gasteiger partial charge in [-0.05, 0) is 44.8 Å². The van der Waals surface area contributed by atoms with E-state index < -0.39 is 0 Å². The molecule has 22 heavy (non-hydrogen) atoms. The minimum absolute atomic E-state index is 0.435. The largest absolute Gasteiger partial charge is 0.366 e. The summed E-state index contributed by atoms with van der Waals surface area (Å²) in [5.74, 6) is 1.24. The zero-order valence-electron chi connectivity index (χ0n) is 14.8. The van der Waals surface area contributed by atoms with E-state index in [1.807, 2.05) is 13.8 Å². The molecule has 5 nitrogen and oxygen atoms in total. The summed E-state index contributed by atoms with van der Waals surface area (Å²) in [4.78, 5) is 2.45. The smallest absolute Gasteiger partial charge is 0.166 e. The van der Waals surface area contributed by atoms with E-state index in [9.17, 15) is 5.26 Å². The molecule has 0 spiro atoms. The third kappa shape index (κ3) is 4.67. The molecular weight excluding hydrogens is 274 g/mol. The Kier molecular flexibility index (Phi) is 7.26. The minimum Gasteiger partial charge on any atom is -0.366 e. The molecule has 1 heterocycles. The summed E-state index contributed by atoms with van der Waals surface area (Å²) in [6, 6.07) is 2.68. The summed E-state index contributed by atoms with van der Waals surface area (Å²) in [5.41, 5.74) is 2.32. The van der Waals surface area contributed by atoms with Crippen molar-refractivity contribution < 1.29 is 0 Å². The maximum absolute atomic E-state index is 9.37. The Morgan fingerprint density at radius 1 is 1.18 bits per heavy atom. The van der Waals surface area contributed by atoms with Gasteiger partial charge in [0.25, 0.3) is 0 Å². The first-order valence-electron chi connectivity index (χ1n) is 8.16. The SMILES string of the molecule is CCN(CC)[C@@H](CNc1nnc(C)c(C)c1C#N)CC(C)C. The predicted octanol–water partition coefficient (Wildman–Crippen LogP) is 3.13. The maximum atomic E-state index is 9.37. The molecule has 1 aromatic rings. The molecule has 1 atom stereocenters. The van der Waals surface area contributed by atoms with Gasteiger partial charge in [0.2, 0.25) is 0 Å². The number of aryl methyl sites for hydroxylation is 1. The first-order valence-corrected chi connectivity index (χ1v) is 8.16. The van der Waals surface area contributed by atoms with Gasteiger partial charge in [-0.2, -0.15) is 10.4 Å². The number of anilines is 1. The highest BCUT2D eigenvalue weighted by atomic mass is 15.2. The lowest BCUT2D eigenvalue weighted by atomic mass is 10.0. The van der Waals surface area contributed by atoms with E-state index >= 15 is 0 Å². The Bertz CT molecular complexity index is 515. The number of aromatic nitrogens is 2. The molecule has 0 fully saturated rings. The number of nitriles is 1. The van der Waals surface area contributed by atoms with Crippen molar-refractivity contribution in [3.05, 3.63) is 16.8 Å². The van der Waals surface area contributed by atoms with Gasteiger partial charge >= 0.3 is 0 Å². The van der Waals surface area contributed by atoms with Crippen LogP contribution in [-0.4, -0.2) is 40.8 Å². The second-order valence-electron chi connectivity index (χ2n) is 6.13. The molecule has 1 rings (SSSR count). The van der Waals surface area contributed by atoms with Gasteiger partial charge in [-0.1, -0.05) is 27.7 Å². The average molecular weight is 303 g/mol. The Morgan fingerprint density at radius 3 is 2.32 bits per heavy atom. The van der Waals surface area contributed by atoms with Crippen LogP contribution in [-0.2, 0) is 0 Å². The molecule has 1 N–H and O–H groups in total. The van der Waals surface area contributed by atoms with Crippen molar-refractivity contribution in [1.82, 2.24) is 15.1 Å². The summed E-state index contributed by atoms with van der Waals surface area (Å²) in [5, 5.41) is 21.0. The van der Waals surface area contributed by atoms with Gasteiger partial charge in [0.05, 0.1) is 5.69 Å². The van der Waals surface area contributed by atoms with Gasteiger partial charge in [-0.25, -0.2) is 0 Å². The van der Waals surface area contributed by atoms with E-state index in [2.05, 4.69) is 54.2 Å². The number of nitrogens with zero attached hydrogens (tertiary/aromatic N) is 4. The number of hydrogen-bond donors (Lipinski definition) is 1. The fraction of sp³-hybridized carbons (Fsp3) is 0.706. The minimum atomic E-state index is 0.435. The summed E-state index contributed by atoms with van der Waals surface area (Å²) in [7, 11) is 0. The normalized spacial score (nSPS) is 12.5. The van der Waals surface area contributed by atoms with E-state index in [1.54, 1.807) is 0 Å². The number of rotatable bonds is 8. The van der Waals surface area contributed by atoms with Crippen molar-refractivity contribution in [2.45, 2.75) is 54.0 Å². The van der Waals surface area contributed by atoms with Crippen LogP contribution in [0.1, 0.15) is 50.9 Å². The van der Waals surface area contributed by atoms with Crippen molar-refractivity contribution in [2.24, 2.45) is 5.92 Å². The van der Waals surface area contributed by atoms with Gasteiger partial charge < -0.3 is 5.32 Å². The summed E-state index contributed by atoms with van der Waals surface area (Å²) >= 11 is 0. The molecule has 0 amide bonds. The lowest BCUT2D eigenvalue weighted by Gasteiger charge is -2.31. The van der Waals surface area contributed by atoms with Gasteiger partial charge in [-0.3, -0.25) is 4.90 Å². The van der Waals surface area contributed by atoms with Crippen LogP contribution in [0.25, 0.3) is 0 Å². The van der Waals surface area contributed by atoms with E-state index in [1.165, 1.54) is 0 Å². The van der Waals surface area contributed by atoms with Gasteiger partial charge in [0.15, 0.2) is 5.82 Å². The average Bonchev–Trinajstić information content (AvgIpc) is 2.48. The second kappa shape index (κ2) is 8.70. The second-order valence-corrected chi connectivity index (χ2v) is 6.13. The van der Waals surface area contributed by atoms with Crippen LogP contribution in [0.2, 0.25) is 0 Å². The molecule has 0 aliphatic carbocycles. The Labute approximate surface area is 134 Å². The molecule has 0 aromatic carbocycles. The number of hydrogen-bond acceptors (Lipinski definition) is 5. The van der Waals surface area contributed by atoms with Crippen LogP contribution in [0.15, 0.2) is 0 Å². The molecule has 0 saturated heterocycles. The quantitative estimate of drug-likeness (QED) is 0.799. The summed E-state index contributed by atoms with van der Waals surface area (Å²) in [6.07, 6.45) is 1.12. The standard InChI is InChI=1S/C17H29N5/c1-7-22(8-2)15(9-12(3)4)11-19-17-16(10-18)13(5)14(6)20-21-17/h12,15H,7-9,11H2,1-6H3,(H,19,21)/t15-/m1/s1. The zero-order chi connectivity index (χ0) is 16.7. The first-order chi connectivity index (χ1) is 10.4. The molecule has 0 bridgehead atoms. The highest BCUT2D eigenvalue weighted by molar-refractivity contribution is 5.55. The van der Waals surface area contributed by atoms with Crippen molar-refractivity contribution in [2.75, 3.05) is 25.0 Å². The third-order valence-corrected chi connectivity index (χ3v) is 4.14. The lowest BCUT2D eigenvalue weighted by molar-refractivity contribution is 0.199. The summed E-state index contributed by atoms with van der Waals surface area (Å²) in [6.45, 7) is 15.5. The van der Waals surface area contributed by atoms with Gasteiger partial charge in [-0.15, -0.1) is 5.10 Å². The van der Waals surface area contributed by atoms with Gasteiger partial charge in [0, 0.05) is 12.6 Å². The topological polar surface area (TPSA) is 64.8 Å². The van der Waals surface area contributed by atoms with E-state index in [0.29, 0.717) is 23.3 Å². The fourth-order valence-corrected chi connectivity index (χ4v) is 2.73. The summed E-state index contributed by atoms with van der Waals surface area (Å²) < 4.78 is 0. The highest BCUT2D eigenvalue weighted by Gasteiger charge is 2.18. The monoisotopic (exact) mass is 303 g/mol. The van der Waals surface area contributed by atoms with Crippen molar-refractivity contribution >= 4 is 5.82 Å². The molecule has 0 aliphatic heterocycles. The Hall–Kier alpha value is -1.67. The Morgan fingerprint density at radius 2 is 1.82 bits per heavy atom. The molecular formula is C17H29N5. The lowest BCUT2D eigenvalue weighted by Crippen LogP contribution is -2.41. The van der Waals surface area contributed by atoms with E-state index in [4.69, 9.17) is 0 Å². The van der Waals surface area contributed by atoms with Crippen LogP contribution >= 0.6 is 0 Å². The van der Waals surface area contributed by atoms with Crippen LogP contribution in [0.3, 0.4) is 0 Å². The van der Waals surface area contributed by atoms with Crippen molar-refractivity contribution in [1.29, 1.82) is 5.26 Å². The maximum Gasteiger partial charge on any atom is 0.166 e. The first kappa shape index (κ1) is 18.4. The van der Waals surface area contributed by atoms with Crippen LogP contribution in [0, 0.1) is 31.1 Å². The van der Waals surface area contributed by atoms with E-state index in [0.717, 1.165) is 37.3 Å². The number of likely N-dealkylation sites (N-methyl/N-ethyl adjacent to an activating group) is 1. The molecule has 0 unspecified atom stereocenters. The number of nitrogens with one attached hydrogen (secondary N) is 1. The molecule has 122 valence electrons. The van der Waals surface area contributed by atoms with E-state index in [-0.39, 0.29) is 0 Å². The predicted molar refractivity (Wildman–Crippen MR) is 90.9 cm³/mol. The molecule has 0 saturated carbocycles. The van der Waals surface area contributed by atoms with Crippen molar-refractivity contribution in [3.8, 4) is 6.07 Å². The third-order valence-electron chi connectivity index (χ3n) is 4.14. The van der Waals surface area contributed by atoms with Gasteiger partial charge in [0.1, 0.15) is 11.6 Å². The van der Waals surface area contributed by atoms with Crippen molar-refractivity contribution in [3.63, 3.8) is 0 Å². The van der Waals surface area contributed by atoms with Crippen LogP contribution in [0.4, 0.5) is 5.82 Å². The van der Waals surface area contributed by atoms with Crippen LogP contribution < -0.4 is 5.32 Å². The molecule has 0 radical (unpaired) electrons.